The van der Waals surface area contributed by atoms with Gasteiger partial charge in [-0.15, -0.1) is 0 Å². The highest BCUT2D eigenvalue weighted by Gasteiger charge is 2.08. The van der Waals surface area contributed by atoms with Crippen LogP contribution in [-0.4, -0.2) is 23.5 Å². The fourth-order valence-corrected chi connectivity index (χ4v) is 2.51. The smallest absolute Gasteiger partial charge is 0.322 e. The van der Waals surface area contributed by atoms with E-state index in [-0.39, 0.29) is 18.9 Å². The van der Waals surface area contributed by atoms with Crippen LogP contribution in [0.3, 0.4) is 0 Å². The molecule has 2 aromatic carbocycles. The van der Waals surface area contributed by atoms with Gasteiger partial charge < -0.3 is 10.4 Å². The Labute approximate surface area is 137 Å². The summed E-state index contributed by atoms with van der Waals surface area (Å²) in [6.45, 7) is -0.387. The van der Waals surface area contributed by atoms with Gasteiger partial charge in [-0.2, -0.15) is 0 Å². The number of carbonyl (C=O) groups is 2. The van der Waals surface area contributed by atoms with Crippen molar-refractivity contribution < 1.29 is 14.7 Å². The van der Waals surface area contributed by atoms with E-state index >= 15 is 0 Å². The monoisotopic (exact) mass is 337 g/mol. The molecule has 0 aliphatic heterocycles. The van der Waals surface area contributed by atoms with E-state index < -0.39 is 5.97 Å². The van der Waals surface area contributed by atoms with E-state index in [9.17, 15) is 9.59 Å². The molecule has 2 N–H and O–H groups in total. The van der Waals surface area contributed by atoms with Gasteiger partial charge in [0.05, 0.1) is 6.42 Å². The third-order valence-corrected chi connectivity index (χ3v) is 3.52. The molecule has 0 unspecified atom stereocenters. The summed E-state index contributed by atoms with van der Waals surface area (Å²) in [6.07, 6.45) is 0.104. The molecular weight excluding hydrogens is 325 g/mol. The molecule has 2 aromatic rings. The van der Waals surface area contributed by atoms with Gasteiger partial charge >= 0.3 is 5.97 Å². The standard InChI is InChI=1S/C16H13Cl2NO3/c17-12-4-5-13(14(18)8-12)11-3-1-2-10(6-11)7-15(20)19-9-16(21)22/h1-6,8H,7,9H2,(H,19,20)(H,21,22). The number of hydrogen-bond acceptors (Lipinski definition) is 2. The lowest BCUT2D eigenvalue weighted by Gasteiger charge is -2.08. The molecule has 0 saturated carbocycles. The number of carbonyl (C=O) groups excluding carboxylic acids is 1. The Kier molecular flexibility index (Phi) is 5.41. The lowest BCUT2D eigenvalue weighted by molar-refractivity contribution is -0.137. The third-order valence-electron chi connectivity index (χ3n) is 2.97. The maximum absolute atomic E-state index is 11.7. The molecule has 2 rings (SSSR count). The molecular formula is C16H13Cl2NO3. The van der Waals surface area contributed by atoms with Crippen LogP contribution in [0.2, 0.25) is 10.0 Å². The molecule has 0 aliphatic rings. The first-order chi connectivity index (χ1) is 10.5. The summed E-state index contributed by atoms with van der Waals surface area (Å²) in [5.74, 6) is -1.42. The van der Waals surface area contributed by atoms with E-state index in [0.717, 1.165) is 16.7 Å². The van der Waals surface area contributed by atoms with Crippen molar-refractivity contribution in [2.75, 3.05) is 6.54 Å². The molecule has 4 nitrogen and oxygen atoms in total. The number of halogens is 2. The second kappa shape index (κ2) is 7.29. The summed E-state index contributed by atoms with van der Waals surface area (Å²) in [5.41, 5.74) is 2.45. The SMILES string of the molecule is O=C(O)CNC(=O)Cc1cccc(-c2ccc(Cl)cc2Cl)c1. The van der Waals surface area contributed by atoms with E-state index in [1.165, 1.54) is 0 Å². The minimum absolute atomic E-state index is 0.104. The van der Waals surface area contributed by atoms with Crippen LogP contribution < -0.4 is 5.32 Å². The van der Waals surface area contributed by atoms with E-state index in [4.69, 9.17) is 28.3 Å². The number of carboxylic acids is 1. The number of benzene rings is 2. The highest BCUT2D eigenvalue weighted by atomic mass is 35.5. The molecule has 0 aliphatic carbocycles. The quantitative estimate of drug-likeness (QED) is 0.878. The molecule has 0 radical (unpaired) electrons. The number of nitrogens with one attached hydrogen (secondary N) is 1. The number of carboxylic acid groups (broad SMARTS) is 1. The molecule has 0 heterocycles. The Morgan fingerprint density at radius 3 is 2.55 bits per heavy atom. The zero-order valence-corrected chi connectivity index (χ0v) is 13.0. The van der Waals surface area contributed by atoms with Gasteiger partial charge in [0.2, 0.25) is 5.91 Å². The summed E-state index contributed by atoms with van der Waals surface area (Å²) < 4.78 is 0. The van der Waals surface area contributed by atoms with Gasteiger partial charge in [-0.3, -0.25) is 9.59 Å². The van der Waals surface area contributed by atoms with Crippen molar-refractivity contribution in [3.8, 4) is 11.1 Å². The van der Waals surface area contributed by atoms with Crippen LogP contribution in [0.5, 0.6) is 0 Å². The van der Waals surface area contributed by atoms with Crippen LogP contribution in [0.15, 0.2) is 42.5 Å². The molecule has 0 saturated heterocycles. The predicted octanol–water partition coefficient (Wildman–Crippen LogP) is 3.40. The van der Waals surface area contributed by atoms with Crippen LogP contribution in [0.4, 0.5) is 0 Å². The van der Waals surface area contributed by atoms with Crippen molar-refractivity contribution in [1.29, 1.82) is 0 Å². The van der Waals surface area contributed by atoms with Gasteiger partial charge in [-0.25, -0.2) is 0 Å². The van der Waals surface area contributed by atoms with Crippen molar-refractivity contribution in [2.24, 2.45) is 0 Å². The Bertz CT molecular complexity index is 716. The third kappa shape index (κ3) is 4.48. The fraction of sp³-hybridized carbons (Fsp3) is 0.125. The molecule has 22 heavy (non-hydrogen) atoms. The maximum Gasteiger partial charge on any atom is 0.322 e. The van der Waals surface area contributed by atoms with Gasteiger partial charge in [0.25, 0.3) is 0 Å². The van der Waals surface area contributed by atoms with Gasteiger partial charge in [0, 0.05) is 15.6 Å². The lowest BCUT2D eigenvalue weighted by atomic mass is 10.0. The van der Waals surface area contributed by atoms with Crippen LogP contribution in [0.1, 0.15) is 5.56 Å². The average molecular weight is 338 g/mol. The highest BCUT2D eigenvalue weighted by molar-refractivity contribution is 6.36. The number of aliphatic carboxylic acids is 1. The van der Waals surface area contributed by atoms with Crippen molar-refractivity contribution in [2.45, 2.75) is 6.42 Å². The van der Waals surface area contributed by atoms with Crippen molar-refractivity contribution in [1.82, 2.24) is 5.32 Å². The van der Waals surface area contributed by atoms with Gasteiger partial charge in [-0.05, 0) is 23.3 Å². The molecule has 1 amide bonds. The van der Waals surface area contributed by atoms with Crippen molar-refractivity contribution >= 4 is 35.1 Å². The average Bonchev–Trinajstić information content (AvgIpc) is 2.45. The first-order valence-electron chi connectivity index (χ1n) is 6.48. The molecule has 0 fully saturated rings. The molecule has 0 bridgehead atoms. The van der Waals surface area contributed by atoms with Gasteiger partial charge in [0.1, 0.15) is 6.54 Å². The van der Waals surface area contributed by atoms with Gasteiger partial charge in [-0.1, -0.05) is 53.5 Å². The minimum atomic E-state index is -1.07. The van der Waals surface area contributed by atoms with E-state index in [0.29, 0.717) is 10.0 Å². The molecule has 0 atom stereocenters. The second-order valence-electron chi connectivity index (χ2n) is 4.67. The highest BCUT2D eigenvalue weighted by Crippen LogP contribution is 2.30. The number of amides is 1. The normalized spacial score (nSPS) is 10.3. The molecule has 0 spiro atoms. The summed E-state index contributed by atoms with van der Waals surface area (Å²) in [6, 6.07) is 12.6. The first kappa shape index (κ1) is 16.3. The molecule has 0 aromatic heterocycles. The Hall–Kier alpha value is -2.04. The lowest BCUT2D eigenvalue weighted by Crippen LogP contribution is -2.30. The van der Waals surface area contributed by atoms with E-state index in [2.05, 4.69) is 5.32 Å². The second-order valence-corrected chi connectivity index (χ2v) is 5.52. The zero-order chi connectivity index (χ0) is 16.1. The topological polar surface area (TPSA) is 66.4 Å². The Morgan fingerprint density at radius 1 is 1.09 bits per heavy atom. The largest absolute Gasteiger partial charge is 0.480 e. The van der Waals surface area contributed by atoms with Gasteiger partial charge in [0.15, 0.2) is 0 Å². The molecule has 6 heteroatoms. The fourth-order valence-electron chi connectivity index (χ4n) is 1.99. The first-order valence-corrected chi connectivity index (χ1v) is 7.24. The summed E-state index contributed by atoms with van der Waals surface area (Å²) in [7, 11) is 0. The minimum Gasteiger partial charge on any atom is -0.480 e. The number of hydrogen-bond donors (Lipinski definition) is 2. The summed E-state index contributed by atoms with van der Waals surface area (Å²) >= 11 is 12.1. The van der Waals surface area contributed by atoms with Crippen LogP contribution in [0, 0.1) is 0 Å². The van der Waals surface area contributed by atoms with Crippen LogP contribution >= 0.6 is 23.2 Å². The summed E-state index contributed by atoms with van der Waals surface area (Å²) in [4.78, 5) is 22.1. The van der Waals surface area contributed by atoms with Crippen molar-refractivity contribution in [3.63, 3.8) is 0 Å². The maximum atomic E-state index is 11.7. The molecule has 114 valence electrons. The predicted molar refractivity (Wildman–Crippen MR) is 86.2 cm³/mol. The number of rotatable bonds is 5. The Balaban J connectivity index is 2.16. The van der Waals surface area contributed by atoms with Crippen LogP contribution in [-0.2, 0) is 16.0 Å². The van der Waals surface area contributed by atoms with E-state index in [1.54, 1.807) is 18.2 Å². The van der Waals surface area contributed by atoms with Crippen LogP contribution in [0.25, 0.3) is 11.1 Å². The zero-order valence-electron chi connectivity index (χ0n) is 11.5. The summed E-state index contributed by atoms with van der Waals surface area (Å²) in [5, 5.41) is 11.9. The Morgan fingerprint density at radius 2 is 1.86 bits per heavy atom. The van der Waals surface area contributed by atoms with Crippen molar-refractivity contribution in [3.05, 3.63) is 58.1 Å². The van der Waals surface area contributed by atoms with E-state index in [1.807, 2.05) is 24.3 Å².